The highest BCUT2D eigenvalue weighted by atomic mass is 35.5. The molecule has 0 bridgehead atoms. The van der Waals surface area contributed by atoms with Gasteiger partial charge in [-0.05, 0) is 24.6 Å². The first-order valence-corrected chi connectivity index (χ1v) is 9.68. The van der Waals surface area contributed by atoms with Crippen LogP contribution in [0.4, 0.5) is 0 Å². The minimum atomic E-state index is -0.532. The molecule has 140 valence electrons. The van der Waals surface area contributed by atoms with Gasteiger partial charge in [-0.25, -0.2) is 0 Å². The number of allylic oxidation sites excluding steroid dienone is 1. The summed E-state index contributed by atoms with van der Waals surface area (Å²) in [6.45, 7) is 7.21. The smallest absolute Gasteiger partial charge is 0.240 e. The van der Waals surface area contributed by atoms with Gasteiger partial charge >= 0.3 is 0 Å². The molecule has 26 heavy (non-hydrogen) atoms. The second-order valence-corrected chi connectivity index (χ2v) is 8.64. The molecule has 7 heteroatoms. The maximum Gasteiger partial charge on any atom is 0.240 e. The maximum absolute atomic E-state index is 12.4. The van der Waals surface area contributed by atoms with Crippen LogP contribution in [0.25, 0.3) is 0 Å². The number of carbonyl (C=O) groups excluding carboxylic acids is 3. The SMILES string of the molecule is CC(NC(=O)CN1C(=O)CS/C1=C\C(=O)C(C)(C)C)c1ccc(Cl)cc1. The van der Waals surface area contributed by atoms with Crippen LogP contribution in [-0.2, 0) is 14.4 Å². The third-order valence-electron chi connectivity index (χ3n) is 3.95. The zero-order chi connectivity index (χ0) is 19.5. The van der Waals surface area contributed by atoms with E-state index in [-0.39, 0.29) is 35.9 Å². The Bertz CT molecular complexity index is 738. The van der Waals surface area contributed by atoms with Crippen molar-refractivity contribution in [1.82, 2.24) is 10.2 Å². The van der Waals surface area contributed by atoms with Gasteiger partial charge in [0.2, 0.25) is 11.8 Å². The molecule has 0 spiro atoms. The molecule has 1 unspecified atom stereocenters. The number of carbonyl (C=O) groups is 3. The van der Waals surface area contributed by atoms with Crippen molar-refractivity contribution in [3.8, 4) is 0 Å². The lowest BCUT2D eigenvalue weighted by molar-refractivity contribution is -0.131. The number of hydrogen-bond donors (Lipinski definition) is 1. The molecule has 1 aliphatic heterocycles. The van der Waals surface area contributed by atoms with Gasteiger partial charge in [0.1, 0.15) is 6.54 Å². The number of nitrogens with one attached hydrogen (secondary N) is 1. The van der Waals surface area contributed by atoms with Crippen LogP contribution >= 0.6 is 23.4 Å². The summed E-state index contributed by atoms with van der Waals surface area (Å²) in [5, 5.41) is 4.03. The summed E-state index contributed by atoms with van der Waals surface area (Å²) >= 11 is 7.16. The van der Waals surface area contributed by atoms with Gasteiger partial charge in [-0.3, -0.25) is 19.3 Å². The summed E-state index contributed by atoms with van der Waals surface area (Å²) < 4.78 is 0. The molecule has 1 aromatic rings. The lowest BCUT2D eigenvalue weighted by atomic mass is 9.91. The molecule has 1 fully saturated rings. The zero-order valence-electron chi connectivity index (χ0n) is 15.3. The van der Waals surface area contributed by atoms with Crippen molar-refractivity contribution in [1.29, 1.82) is 0 Å². The molecule has 1 aliphatic rings. The minimum absolute atomic E-state index is 0.0744. The lowest BCUT2D eigenvalue weighted by Gasteiger charge is -2.20. The van der Waals surface area contributed by atoms with Crippen molar-refractivity contribution in [2.24, 2.45) is 5.41 Å². The third-order valence-corrected chi connectivity index (χ3v) is 5.23. The van der Waals surface area contributed by atoms with Crippen molar-refractivity contribution in [3.05, 3.63) is 46.0 Å². The zero-order valence-corrected chi connectivity index (χ0v) is 16.9. The van der Waals surface area contributed by atoms with E-state index in [1.54, 1.807) is 12.1 Å². The Balaban J connectivity index is 2.03. The van der Waals surface area contributed by atoms with E-state index >= 15 is 0 Å². The Morgan fingerprint density at radius 2 is 1.92 bits per heavy atom. The predicted octanol–water partition coefficient (Wildman–Crippen LogP) is 3.55. The highest BCUT2D eigenvalue weighted by molar-refractivity contribution is 8.04. The Labute approximate surface area is 163 Å². The minimum Gasteiger partial charge on any atom is -0.348 e. The number of halogens is 1. The highest BCUT2D eigenvalue weighted by Crippen LogP contribution is 2.30. The van der Waals surface area contributed by atoms with Crippen LogP contribution < -0.4 is 5.32 Å². The first-order chi connectivity index (χ1) is 12.1. The number of ketones is 1. The summed E-state index contributed by atoms with van der Waals surface area (Å²) in [6, 6.07) is 7.00. The largest absolute Gasteiger partial charge is 0.348 e. The van der Waals surface area contributed by atoms with Crippen LogP contribution in [0.1, 0.15) is 39.3 Å². The fraction of sp³-hybridized carbons (Fsp3) is 0.421. The Kier molecular flexibility index (Phi) is 6.53. The molecule has 0 aliphatic carbocycles. The molecule has 0 saturated carbocycles. The summed E-state index contributed by atoms with van der Waals surface area (Å²) in [6.07, 6.45) is 1.46. The molecule has 5 nitrogen and oxygen atoms in total. The first-order valence-electron chi connectivity index (χ1n) is 8.32. The fourth-order valence-corrected chi connectivity index (χ4v) is 3.36. The molecule has 2 amide bonds. The molecule has 1 atom stereocenters. The summed E-state index contributed by atoms with van der Waals surface area (Å²) in [5.74, 6) is -0.284. The van der Waals surface area contributed by atoms with E-state index in [1.165, 1.54) is 22.7 Å². The number of amides is 2. The second kappa shape index (κ2) is 8.27. The average Bonchev–Trinajstić information content (AvgIpc) is 2.87. The van der Waals surface area contributed by atoms with Gasteiger partial charge < -0.3 is 5.32 Å². The fourth-order valence-electron chi connectivity index (χ4n) is 2.29. The van der Waals surface area contributed by atoms with Gasteiger partial charge in [-0.2, -0.15) is 0 Å². The van der Waals surface area contributed by atoms with Crippen molar-refractivity contribution >= 4 is 41.0 Å². The van der Waals surface area contributed by atoms with Gasteiger partial charge in [0.25, 0.3) is 0 Å². The van der Waals surface area contributed by atoms with Crippen molar-refractivity contribution < 1.29 is 14.4 Å². The Morgan fingerprint density at radius 1 is 1.31 bits per heavy atom. The van der Waals surface area contributed by atoms with Gasteiger partial charge in [-0.15, -0.1) is 0 Å². The van der Waals surface area contributed by atoms with E-state index < -0.39 is 5.41 Å². The van der Waals surface area contributed by atoms with Crippen molar-refractivity contribution in [2.75, 3.05) is 12.3 Å². The van der Waals surface area contributed by atoms with Gasteiger partial charge in [-0.1, -0.05) is 56.3 Å². The topological polar surface area (TPSA) is 66.5 Å². The van der Waals surface area contributed by atoms with Crippen molar-refractivity contribution in [2.45, 2.75) is 33.7 Å². The quantitative estimate of drug-likeness (QED) is 0.775. The molecule has 0 aromatic heterocycles. The maximum atomic E-state index is 12.4. The Hall–Kier alpha value is -1.79. The van der Waals surface area contributed by atoms with E-state index in [9.17, 15) is 14.4 Å². The Morgan fingerprint density at radius 3 is 2.50 bits per heavy atom. The number of nitrogens with zero attached hydrogens (tertiary/aromatic N) is 1. The van der Waals surface area contributed by atoms with Gasteiger partial charge in [0.05, 0.1) is 16.8 Å². The number of hydrogen-bond acceptors (Lipinski definition) is 4. The predicted molar refractivity (Wildman–Crippen MR) is 105 cm³/mol. The van der Waals surface area contributed by atoms with Crippen LogP contribution in [0.5, 0.6) is 0 Å². The molecule has 1 heterocycles. The average molecular weight is 395 g/mol. The molecule has 1 aromatic carbocycles. The molecule has 2 rings (SSSR count). The van der Waals surface area contributed by atoms with Crippen LogP contribution in [0.15, 0.2) is 35.4 Å². The molecule has 0 radical (unpaired) electrons. The van der Waals surface area contributed by atoms with E-state index in [1.807, 2.05) is 39.8 Å². The molecular formula is C19H23ClN2O3S. The molecule has 1 N–H and O–H groups in total. The second-order valence-electron chi connectivity index (χ2n) is 7.21. The van der Waals surface area contributed by atoms with Crippen LogP contribution in [0.3, 0.4) is 0 Å². The number of rotatable bonds is 5. The van der Waals surface area contributed by atoms with Crippen molar-refractivity contribution in [3.63, 3.8) is 0 Å². The summed E-state index contributed by atoms with van der Waals surface area (Å²) in [4.78, 5) is 38.1. The van der Waals surface area contributed by atoms with E-state index in [0.717, 1.165) is 5.56 Å². The highest BCUT2D eigenvalue weighted by Gasteiger charge is 2.31. The monoisotopic (exact) mass is 394 g/mol. The summed E-state index contributed by atoms with van der Waals surface area (Å²) in [5.41, 5.74) is 0.388. The standard InChI is InChI=1S/C19H23ClN2O3S/c1-12(13-5-7-14(20)8-6-13)21-16(24)10-22-17(25)11-26-18(22)9-15(23)19(2,3)4/h5-9,12H,10-11H2,1-4H3,(H,21,24)/b18-9-. The van der Waals surface area contributed by atoms with E-state index in [2.05, 4.69) is 5.32 Å². The lowest BCUT2D eigenvalue weighted by Crippen LogP contribution is -2.38. The molecular weight excluding hydrogens is 372 g/mol. The number of thioether (sulfide) groups is 1. The third kappa shape index (κ3) is 5.35. The van der Waals surface area contributed by atoms with E-state index in [0.29, 0.717) is 10.1 Å². The van der Waals surface area contributed by atoms with Crippen LogP contribution in [0.2, 0.25) is 5.02 Å². The number of benzene rings is 1. The normalized spacial score (nSPS) is 17.5. The van der Waals surface area contributed by atoms with Crippen LogP contribution in [-0.4, -0.2) is 34.8 Å². The van der Waals surface area contributed by atoms with Gasteiger partial charge in [0, 0.05) is 16.5 Å². The van der Waals surface area contributed by atoms with Crippen LogP contribution in [0, 0.1) is 5.41 Å². The summed E-state index contributed by atoms with van der Waals surface area (Å²) in [7, 11) is 0. The van der Waals surface area contributed by atoms with E-state index in [4.69, 9.17) is 11.6 Å². The van der Waals surface area contributed by atoms with Gasteiger partial charge in [0.15, 0.2) is 5.78 Å². The molecule has 1 saturated heterocycles. The first kappa shape index (κ1) is 20.5.